The van der Waals surface area contributed by atoms with Crippen LogP contribution in [0.3, 0.4) is 0 Å². The summed E-state index contributed by atoms with van der Waals surface area (Å²) >= 11 is 1.49. The van der Waals surface area contributed by atoms with E-state index >= 15 is 0 Å². The van der Waals surface area contributed by atoms with E-state index in [1.165, 1.54) is 11.8 Å². The van der Waals surface area contributed by atoms with Gasteiger partial charge in [-0.2, -0.15) is 0 Å². The number of benzene rings is 1. The highest BCUT2D eigenvalue weighted by Gasteiger charge is 2.23. The first-order valence-electron chi connectivity index (χ1n) is 6.88. The van der Waals surface area contributed by atoms with Crippen LogP contribution >= 0.6 is 11.8 Å². The second-order valence-electron chi connectivity index (χ2n) is 5.10. The number of aromatic nitrogens is 1. The predicted molar refractivity (Wildman–Crippen MR) is 87.3 cm³/mol. The number of aryl methyl sites for hydroxylation is 1. The van der Waals surface area contributed by atoms with E-state index in [1.54, 1.807) is 30.5 Å². The molecule has 112 valence electrons. The first-order valence-corrected chi connectivity index (χ1v) is 7.76. The minimum absolute atomic E-state index is 0.0418. The molecule has 1 aromatic carbocycles. The van der Waals surface area contributed by atoms with Gasteiger partial charge in [0.1, 0.15) is 0 Å². The normalized spacial score (nSPS) is 16.6. The molecule has 1 aliphatic rings. The Kier molecular flexibility index (Phi) is 3.85. The molecule has 6 heteroatoms. The van der Waals surface area contributed by atoms with Crippen LogP contribution in [-0.2, 0) is 4.79 Å². The number of anilines is 2. The summed E-state index contributed by atoms with van der Waals surface area (Å²) < 4.78 is 0. The summed E-state index contributed by atoms with van der Waals surface area (Å²) in [6, 6.07) is 8.87. The Hall–Kier alpha value is -2.34. The van der Waals surface area contributed by atoms with Gasteiger partial charge in [0.15, 0.2) is 0 Å². The van der Waals surface area contributed by atoms with Gasteiger partial charge in [0.25, 0.3) is 5.91 Å². The number of nitrogens with zero attached hydrogens (tertiary/aromatic N) is 1. The monoisotopic (exact) mass is 313 g/mol. The lowest BCUT2D eigenvalue weighted by Gasteiger charge is -2.21. The fourth-order valence-corrected chi connectivity index (χ4v) is 3.11. The summed E-state index contributed by atoms with van der Waals surface area (Å²) in [7, 11) is 0. The number of thioether (sulfide) groups is 1. The van der Waals surface area contributed by atoms with Gasteiger partial charge >= 0.3 is 0 Å². The average Bonchev–Trinajstić information content (AvgIpc) is 2.48. The molecule has 0 unspecified atom stereocenters. The lowest BCUT2D eigenvalue weighted by atomic mass is 10.1. The van der Waals surface area contributed by atoms with Crippen molar-refractivity contribution in [2.24, 2.45) is 0 Å². The van der Waals surface area contributed by atoms with Crippen LogP contribution in [0.2, 0.25) is 0 Å². The van der Waals surface area contributed by atoms with Gasteiger partial charge in [0, 0.05) is 28.0 Å². The standard InChI is InChI=1S/C16H15N3O2S/c1-9-7-12(5-6-17-9)18-16(21)11-3-4-14-13(8-11)19-15(20)10(2)22-14/h3-8,10H,1-2H3,(H,19,20)(H,17,18,21)/t10-/m0/s1. The number of hydrogen-bond acceptors (Lipinski definition) is 4. The molecule has 0 fully saturated rings. The second kappa shape index (κ2) is 5.81. The van der Waals surface area contributed by atoms with Crippen molar-refractivity contribution in [3.05, 3.63) is 47.8 Å². The van der Waals surface area contributed by atoms with Crippen molar-refractivity contribution in [3.63, 3.8) is 0 Å². The third-order valence-corrected chi connectivity index (χ3v) is 4.50. The van der Waals surface area contributed by atoms with Crippen molar-refractivity contribution in [2.75, 3.05) is 10.6 Å². The molecular formula is C16H15N3O2S. The van der Waals surface area contributed by atoms with Gasteiger partial charge in [-0.1, -0.05) is 0 Å². The van der Waals surface area contributed by atoms with Crippen molar-refractivity contribution >= 4 is 35.0 Å². The van der Waals surface area contributed by atoms with Gasteiger partial charge in [-0.05, 0) is 44.2 Å². The largest absolute Gasteiger partial charge is 0.324 e. The molecule has 0 saturated carbocycles. The molecule has 3 rings (SSSR count). The Labute approximate surface area is 132 Å². The van der Waals surface area contributed by atoms with E-state index in [0.29, 0.717) is 16.9 Å². The van der Waals surface area contributed by atoms with Crippen molar-refractivity contribution in [2.45, 2.75) is 24.0 Å². The second-order valence-corrected chi connectivity index (χ2v) is 6.48. The van der Waals surface area contributed by atoms with E-state index < -0.39 is 0 Å². The van der Waals surface area contributed by atoms with Gasteiger partial charge in [-0.3, -0.25) is 14.6 Å². The molecule has 5 nitrogen and oxygen atoms in total. The summed E-state index contributed by atoms with van der Waals surface area (Å²) in [5, 5.41) is 5.54. The van der Waals surface area contributed by atoms with E-state index in [2.05, 4.69) is 15.6 Å². The molecule has 2 amide bonds. The number of nitrogens with one attached hydrogen (secondary N) is 2. The Balaban J connectivity index is 1.82. The van der Waals surface area contributed by atoms with Crippen molar-refractivity contribution in [3.8, 4) is 0 Å². The molecule has 1 atom stereocenters. The van der Waals surface area contributed by atoms with Crippen LogP contribution in [0.1, 0.15) is 23.0 Å². The number of amides is 2. The summed E-state index contributed by atoms with van der Waals surface area (Å²) in [5.41, 5.74) is 2.72. The minimum atomic E-state index is -0.216. The summed E-state index contributed by atoms with van der Waals surface area (Å²) in [5.74, 6) is -0.258. The van der Waals surface area contributed by atoms with Gasteiger partial charge in [-0.25, -0.2) is 0 Å². The van der Waals surface area contributed by atoms with Crippen LogP contribution in [-0.4, -0.2) is 22.0 Å². The quantitative estimate of drug-likeness (QED) is 0.894. The molecule has 0 aliphatic carbocycles. The summed E-state index contributed by atoms with van der Waals surface area (Å²) in [6.45, 7) is 3.72. The van der Waals surface area contributed by atoms with Crippen molar-refractivity contribution in [1.82, 2.24) is 4.98 Å². The zero-order valence-electron chi connectivity index (χ0n) is 12.2. The third kappa shape index (κ3) is 2.96. The van der Waals surface area contributed by atoms with Crippen LogP contribution in [0.5, 0.6) is 0 Å². The van der Waals surface area contributed by atoms with E-state index in [-0.39, 0.29) is 17.1 Å². The number of fused-ring (bicyclic) bond motifs is 1. The molecule has 2 heterocycles. The average molecular weight is 313 g/mol. The zero-order chi connectivity index (χ0) is 15.7. The van der Waals surface area contributed by atoms with E-state index in [9.17, 15) is 9.59 Å². The number of pyridine rings is 1. The van der Waals surface area contributed by atoms with Gasteiger partial charge in [-0.15, -0.1) is 11.8 Å². The molecule has 22 heavy (non-hydrogen) atoms. The first-order chi connectivity index (χ1) is 10.5. The van der Waals surface area contributed by atoms with Crippen LogP contribution in [0.4, 0.5) is 11.4 Å². The van der Waals surface area contributed by atoms with Gasteiger partial charge < -0.3 is 10.6 Å². The molecule has 1 aliphatic heterocycles. The molecule has 0 spiro atoms. The Morgan fingerprint density at radius 3 is 2.91 bits per heavy atom. The Morgan fingerprint density at radius 1 is 1.32 bits per heavy atom. The van der Waals surface area contributed by atoms with Crippen LogP contribution < -0.4 is 10.6 Å². The van der Waals surface area contributed by atoms with E-state index in [4.69, 9.17) is 0 Å². The number of hydrogen-bond donors (Lipinski definition) is 2. The lowest BCUT2D eigenvalue weighted by molar-refractivity contribution is -0.115. The highest BCUT2D eigenvalue weighted by atomic mass is 32.2. The SMILES string of the molecule is Cc1cc(NC(=O)c2ccc3c(c2)NC(=O)[C@H](C)S3)ccn1. The van der Waals surface area contributed by atoms with E-state index in [0.717, 1.165) is 10.6 Å². The van der Waals surface area contributed by atoms with Crippen molar-refractivity contribution in [1.29, 1.82) is 0 Å². The number of carbonyl (C=O) groups is 2. The third-order valence-electron chi connectivity index (χ3n) is 3.33. The molecule has 2 N–H and O–H groups in total. The minimum Gasteiger partial charge on any atom is -0.324 e. The molecular weight excluding hydrogens is 298 g/mol. The highest BCUT2D eigenvalue weighted by molar-refractivity contribution is 8.00. The van der Waals surface area contributed by atoms with Crippen LogP contribution in [0.15, 0.2) is 41.4 Å². The fourth-order valence-electron chi connectivity index (χ4n) is 2.18. The van der Waals surface area contributed by atoms with E-state index in [1.807, 2.05) is 19.9 Å². The fraction of sp³-hybridized carbons (Fsp3) is 0.188. The zero-order valence-corrected chi connectivity index (χ0v) is 13.0. The maximum absolute atomic E-state index is 12.3. The van der Waals surface area contributed by atoms with Gasteiger partial charge in [0.2, 0.25) is 5.91 Å². The molecule has 0 saturated heterocycles. The van der Waals surface area contributed by atoms with Crippen LogP contribution in [0, 0.1) is 6.92 Å². The smallest absolute Gasteiger partial charge is 0.255 e. The summed E-state index contributed by atoms with van der Waals surface area (Å²) in [6.07, 6.45) is 1.65. The topological polar surface area (TPSA) is 71.1 Å². The molecule has 2 aromatic rings. The van der Waals surface area contributed by atoms with Crippen molar-refractivity contribution < 1.29 is 9.59 Å². The van der Waals surface area contributed by atoms with Crippen LogP contribution in [0.25, 0.3) is 0 Å². The maximum Gasteiger partial charge on any atom is 0.255 e. The number of carbonyl (C=O) groups excluding carboxylic acids is 2. The number of rotatable bonds is 2. The highest BCUT2D eigenvalue weighted by Crippen LogP contribution is 2.36. The Bertz CT molecular complexity index is 761. The molecule has 1 aromatic heterocycles. The molecule has 0 bridgehead atoms. The molecule has 0 radical (unpaired) electrons. The lowest BCUT2D eigenvalue weighted by Crippen LogP contribution is -2.26. The maximum atomic E-state index is 12.3. The van der Waals surface area contributed by atoms with Gasteiger partial charge in [0.05, 0.1) is 10.9 Å². The predicted octanol–water partition coefficient (Wildman–Crippen LogP) is 3.08. The first kappa shape index (κ1) is 14.6. The summed E-state index contributed by atoms with van der Waals surface area (Å²) in [4.78, 5) is 29.1. The Morgan fingerprint density at radius 2 is 2.14 bits per heavy atom.